The number of aromatic nitrogens is 2. The van der Waals surface area contributed by atoms with Crippen LogP contribution in [0, 0.1) is 0 Å². The zero-order valence-electron chi connectivity index (χ0n) is 12.2. The number of ether oxygens (including phenoxy) is 1. The van der Waals surface area contributed by atoms with E-state index >= 15 is 0 Å². The summed E-state index contributed by atoms with van der Waals surface area (Å²) < 4.78 is 6.02. The number of hydrogen-bond donors (Lipinski definition) is 2. The van der Waals surface area contributed by atoms with Crippen molar-refractivity contribution in [2.24, 2.45) is 0 Å². The molecule has 1 aromatic rings. The fraction of sp³-hybridized carbons (Fsp3) is 0.615. The van der Waals surface area contributed by atoms with Crippen molar-refractivity contribution in [3.63, 3.8) is 0 Å². The number of carbonyl (C=O) groups is 1. The molecule has 7 heteroatoms. The molecule has 1 amide bonds. The highest BCUT2D eigenvalue weighted by Gasteiger charge is 2.06. The van der Waals surface area contributed by atoms with Crippen LogP contribution in [-0.4, -0.2) is 42.0 Å². The van der Waals surface area contributed by atoms with E-state index in [0.717, 1.165) is 11.1 Å². The summed E-state index contributed by atoms with van der Waals surface area (Å²) in [5.74, 6) is -0.236. The second-order valence-corrected chi connectivity index (χ2v) is 4.74. The van der Waals surface area contributed by atoms with Gasteiger partial charge in [0, 0.05) is 32.4 Å². The number of nitrogens with one attached hydrogen (secondary N) is 2. The molecule has 0 aliphatic carbocycles. The minimum Gasteiger partial charge on any atom is -0.385 e. The van der Waals surface area contributed by atoms with Crippen LogP contribution >= 0.6 is 0 Å². The Labute approximate surface area is 118 Å². The molecule has 1 rings (SSSR count). The van der Waals surface area contributed by atoms with Crippen LogP contribution in [-0.2, 0) is 16.1 Å². The summed E-state index contributed by atoms with van der Waals surface area (Å²) in [5.41, 5.74) is 0.351. The monoisotopic (exact) mass is 282 g/mol. The quantitative estimate of drug-likeness (QED) is 0.666. The van der Waals surface area contributed by atoms with Crippen molar-refractivity contribution in [1.29, 1.82) is 0 Å². The highest BCUT2D eigenvalue weighted by molar-refractivity contribution is 5.75. The molecule has 0 aliphatic rings. The van der Waals surface area contributed by atoms with E-state index in [1.165, 1.54) is 6.07 Å². The van der Waals surface area contributed by atoms with Gasteiger partial charge >= 0.3 is 0 Å². The van der Waals surface area contributed by atoms with Crippen molar-refractivity contribution in [3.8, 4) is 0 Å². The third-order valence-electron chi connectivity index (χ3n) is 2.47. The van der Waals surface area contributed by atoms with Gasteiger partial charge in [-0.15, -0.1) is 0 Å². The summed E-state index contributed by atoms with van der Waals surface area (Å²) in [7, 11) is 1.61. The van der Waals surface area contributed by atoms with Crippen molar-refractivity contribution in [2.75, 3.05) is 25.6 Å². The highest BCUT2D eigenvalue weighted by Crippen LogP contribution is 2.01. The number of anilines is 1. The first kappa shape index (κ1) is 16.2. The summed E-state index contributed by atoms with van der Waals surface area (Å²) in [6, 6.07) is 1.65. The number of hydrogen-bond acceptors (Lipinski definition) is 5. The van der Waals surface area contributed by atoms with Crippen LogP contribution < -0.4 is 16.2 Å². The molecule has 0 aliphatic heterocycles. The number of methoxy groups -OCH3 is 1. The third-order valence-corrected chi connectivity index (χ3v) is 2.47. The minimum absolute atomic E-state index is 0.0756. The molecule has 0 bridgehead atoms. The van der Waals surface area contributed by atoms with Crippen molar-refractivity contribution < 1.29 is 9.53 Å². The van der Waals surface area contributed by atoms with E-state index in [9.17, 15) is 9.59 Å². The summed E-state index contributed by atoms with van der Waals surface area (Å²) in [6.45, 7) is 4.98. The molecule has 0 saturated heterocycles. The van der Waals surface area contributed by atoms with Crippen molar-refractivity contribution in [1.82, 2.24) is 15.1 Å². The summed E-state index contributed by atoms with van der Waals surface area (Å²) >= 11 is 0. The molecule has 112 valence electrons. The maximum atomic E-state index is 11.8. The van der Waals surface area contributed by atoms with Crippen molar-refractivity contribution in [3.05, 3.63) is 22.6 Å². The Hall–Kier alpha value is -1.89. The standard InChI is InChI=1S/C13H22N4O3/c1-10(2)16-11-7-13(19)17(15-8-11)9-12(18)14-5-4-6-20-3/h7-8,10,16H,4-6,9H2,1-3H3,(H,14,18). The SMILES string of the molecule is COCCCNC(=O)Cn1ncc(NC(C)C)cc1=O. The second-order valence-electron chi connectivity index (χ2n) is 4.74. The second kappa shape index (κ2) is 8.31. The average molecular weight is 282 g/mol. The Kier molecular flexibility index (Phi) is 6.72. The molecular weight excluding hydrogens is 260 g/mol. The van der Waals surface area contributed by atoms with E-state index < -0.39 is 0 Å². The number of carbonyl (C=O) groups excluding carboxylic acids is 1. The molecule has 1 heterocycles. The van der Waals surface area contributed by atoms with Crippen LogP contribution in [0.3, 0.4) is 0 Å². The predicted molar refractivity (Wildman–Crippen MR) is 76.8 cm³/mol. The molecule has 0 radical (unpaired) electrons. The zero-order chi connectivity index (χ0) is 15.0. The van der Waals surface area contributed by atoms with E-state index in [1.54, 1.807) is 13.3 Å². The largest absolute Gasteiger partial charge is 0.385 e. The lowest BCUT2D eigenvalue weighted by Gasteiger charge is -2.10. The molecule has 0 spiro atoms. The first-order chi connectivity index (χ1) is 9.52. The van der Waals surface area contributed by atoms with Gasteiger partial charge in [-0.3, -0.25) is 9.59 Å². The molecule has 2 N–H and O–H groups in total. The summed E-state index contributed by atoms with van der Waals surface area (Å²) in [4.78, 5) is 23.4. The van der Waals surface area contributed by atoms with Gasteiger partial charge in [0.05, 0.1) is 11.9 Å². The summed E-state index contributed by atoms with van der Waals surface area (Å²) in [6.07, 6.45) is 2.28. The van der Waals surface area contributed by atoms with Crippen LogP contribution in [0.15, 0.2) is 17.1 Å². The van der Waals surface area contributed by atoms with E-state index in [-0.39, 0.29) is 24.1 Å². The zero-order valence-corrected chi connectivity index (χ0v) is 12.2. The van der Waals surface area contributed by atoms with E-state index in [2.05, 4.69) is 15.7 Å². The van der Waals surface area contributed by atoms with Gasteiger partial charge in [0.15, 0.2) is 0 Å². The van der Waals surface area contributed by atoms with Gasteiger partial charge in [-0.25, -0.2) is 4.68 Å². The molecule has 0 atom stereocenters. The van der Waals surface area contributed by atoms with Gasteiger partial charge in [0.25, 0.3) is 5.56 Å². The molecule has 7 nitrogen and oxygen atoms in total. The van der Waals surface area contributed by atoms with Gasteiger partial charge in [-0.1, -0.05) is 0 Å². The number of amides is 1. The Morgan fingerprint density at radius 3 is 2.85 bits per heavy atom. The van der Waals surface area contributed by atoms with Crippen molar-refractivity contribution >= 4 is 11.6 Å². The Bertz CT molecular complexity index is 485. The molecular formula is C13H22N4O3. The van der Waals surface area contributed by atoms with E-state index in [0.29, 0.717) is 18.8 Å². The molecule has 0 aromatic carbocycles. The fourth-order valence-corrected chi connectivity index (χ4v) is 1.60. The Morgan fingerprint density at radius 2 is 2.25 bits per heavy atom. The third kappa shape index (κ3) is 5.83. The lowest BCUT2D eigenvalue weighted by atomic mass is 10.3. The van der Waals surface area contributed by atoms with Gasteiger partial charge in [-0.05, 0) is 20.3 Å². The topological polar surface area (TPSA) is 85.2 Å². The number of nitrogens with zero attached hydrogens (tertiary/aromatic N) is 2. The van der Waals surface area contributed by atoms with Gasteiger partial charge in [0.1, 0.15) is 6.54 Å². The normalized spacial score (nSPS) is 10.6. The lowest BCUT2D eigenvalue weighted by Crippen LogP contribution is -2.34. The molecule has 1 aromatic heterocycles. The van der Waals surface area contributed by atoms with E-state index in [1.807, 2.05) is 13.8 Å². The van der Waals surface area contributed by atoms with Crippen LogP contribution in [0.5, 0.6) is 0 Å². The first-order valence-electron chi connectivity index (χ1n) is 6.62. The molecule has 20 heavy (non-hydrogen) atoms. The minimum atomic E-state index is -0.303. The van der Waals surface area contributed by atoms with Gasteiger partial charge in [-0.2, -0.15) is 5.10 Å². The molecule has 0 fully saturated rings. The molecule has 0 unspecified atom stereocenters. The predicted octanol–water partition coefficient (Wildman–Crippen LogP) is 0.216. The smallest absolute Gasteiger partial charge is 0.269 e. The van der Waals surface area contributed by atoms with Crippen LogP contribution in [0.2, 0.25) is 0 Å². The maximum Gasteiger partial charge on any atom is 0.269 e. The van der Waals surface area contributed by atoms with Gasteiger partial charge in [0.2, 0.25) is 5.91 Å². The summed E-state index contributed by atoms with van der Waals surface area (Å²) in [5, 5.41) is 9.76. The number of rotatable bonds is 8. The highest BCUT2D eigenvalue weighted by atomic mass is 16.5. The van der Waals surface area contributed by atoms with Gasteiger partial charge < -0.3 is 15.4 Å². The average Bonchev–Trinajstić information content (AvgIpc) is 2.37. The maximum absolute atomic E-state index is 11.8. The van der Waals surface area contributed by atoms with E-state index in [4.69, 9.17) is 4.74 Å². The Morgan fingerprint density at radius 1 is 1.50 bits per heavy atom. The lowest BCUT2D eigenvalue weighted by molar-refractivity contribution is -0.121. The van der Waals surface area contributed by atoms with Crippen LogP contribution in [0.4, 0.5) is 5.69 Å². The first-order valence-corrected chi connectivity index (χ1v) is 6.62. The Balaban J connectivity index is 2.51. The fourth-order valence-electron chi connectivity index (χ4n) is 1.60. The van der Waals surface area contributed by atoms with Crippen molar-refractivity contribution in [2.45, 2.75) is 32.9 Å². The van der Waals surface area contributed by atoms with Crippen LogP contribution in [0.25, 0.3) is 0 Å². The molecule has 0 saturated carbocycles. The van der Waals surface area contributed by atoms with Crippen LogP contribution in [0.1, 0.15) is 20.3 Å².